The highest BCUT2D eigenvalue weighted by Gasteiger charge is 2.22. The molecule has 2 aliphatic heterocycles. The van der Waals surface area contributed by atoms with Gasteiger partial charge in [-0.25, -0.2) is 9.97 Å². The Labute approximate surface area is 136 Å². The van der Waals surface area contributed by atoms with Gasteiger partial charge in [0.25, 0.3) is 0 Å². The molecule has 5 heteroatoms. The fourth-order valence-corrected chi connectivity index (χ4v) is 4.85. The molecular formula is C17H24N4S. The number of nitrogens with one attached hydrogen (secondary N) is 1. The molecule has 0 saturated carbocycles. The van der Waals surface area contributed by atoms with Crippen molar-refractivity contribution < 1.29 is 0 Å². The van der Waals surface area contributed by atoms with Crippen molar-refractivity contribution >= 4 is 22.9 Å². The van der Waals surface area contributed by atoms with Crippen LogP contribution in [0.1, 0.15) is 25.1 Å². The summed E-state index contributed by atoms with van der Waals surface area (Å²) in [4.78, 5) is 9.53. The van der Waals surface area contributed by atoms with Crippen LogP contribution in [0, 0.1) is 11.8 Å². The average Bonchev–Trinajstić information content (AvgIpc) is 3.18. The Kier molecular flexibility index (Phi) is 4.35. The maximum absolute atomic E-state index is 4.91. The molecule has 2 aliphatic rings. The third-order valence-electron chi connectivity index (χ3n) is 4.91. The van der Waals surface area contributed by atoms with Crippen LogP contribution in [0.4, 0.5) is 0 Å². The number of hydrogen-bond acceptors (Lipinski definition) is 4. The fraction of sp³-hybridized carbons (Fsp3) is 0.647. The monoisotopic (exact) mass is 316 g/mol. The lowest BCUT2D eigenvalue weighted by molar-refractivity contribution is 0.432. The van der Waals surface area contributed by atoms with Crippen LogP contribution < -0.4 is 5.32 Å². The van der Waals surface area contributed by atoms with Gasteiger partial charge in [-0.15, -0.1) is 0 Å². The van der Waals surface area contributed by atoms with Crippen molar-refractivity contribution in [1.29, 1.82) is 0 Å². The zero-order valence-electron chi connectivity index (χ0n) is 13.0. The second-order valence-corrected chi connectivity index (χ2v) is 7.78. The normalized spacial score (nSPS) is 25.8. The largest absolute Gasteiger partial charge is 0.316 e. The molecule has 2 saturated heterocycles. The molecule has 0 aromatic carbocycles. The van der Waals surface area contributed by atoms with E-state index in [1.807, 2.05) is 12.3 Å². The van der Waals surface area contributed by atoms with Gasteiger partial charge in [0.05, 0.1) is 0 Å². The standard InChI is InChI=1S/C17H24N4S/c1-4-15-17(19-6-1)21(11-14-3-2-8-22-12-14)16(20-15)9-13-5-7-18-10-13/h1,4,6,13-14,18H,2-3,5,7-12H2. The van der Waals surface area contributed by atoms with Gasteiger partial charge in [-0.3, -0.25) is 0 Å². The molecule has 2 aromatic rings. The first kappa shape index (κ1) is 14.5. The molecule has 118 valence electrons. The molecule has 2 atom stereocenters. The van der Waals surface area contributed by atoms with Crippen LogP contribution in [0.2, 0.25) is 0 Å². The number of thioether (sulfide) groups is 1. The zero-order valence-corrected chi connectivity index (χ0v) is 13.8. The van der Waals surface area contributed by atoms with Crippen LogP contribution in [0.25, 0.3) is 11.2 Å². The predicted molar refractivity (Wildman–Crippen MR) is 92.3 cm³/mol. The van der Waals surface area contributed by atoms with Gasteiger partial charge in [0.2, 0.25) is 0 Å². The van der Waals surface area contributed by atoms with E-state index in [0.717, 1.165) is 49.1 Å². The Bertz CT molecular complexity index is 627. The first-order valence-electron chi connectivity index (χ1n) is 8.49. The molecule has 4 rings (SSSR count). The highest BCUT2D eigenvalue weighted by molar-refractivity contribution is 7.99. The molecule has 0 radical (unpaired) electrons. The van der Waals surface area contributed by atoms with Crippen molar-refractivity contribution in [1.82, 2.24) is 19.9 Å². The Morgan fingerprint density at radius 1 is 1.32 bits per heavy atom. The van der Waals surface area contributed by atoms with Crippen molar-refractivity contribution in [2.75, 3.05) is 24.6 Å². The summed E-state index contributed by atoms with van der Waals surface area (Å²) in [5, 5.41) is 3.47. The van der Waals surface area contributed by atoms with E-state index in [0.29, 0.717) is 0 Å². The van der Waals surface area contributed by atoms with Gasteiger partial charge in [-0.05, 0) is 67.8 Å². The number of nitrogens with zero attached hydrogens (tertiary/aromatic N) is 3. The van der Waals surface area contributed by atoms with Crippen molar-refractivity contribution in [3.63, 3.8) is 0 Å². The Balaban J connectivity index is 1.63. The predicted octanol–water partition coefficient (Wildman–Crippen LogP) is 2.73. The van der Waals surface area contributed by atoms with Gasteiger partial charge in [0.1, 0.15) is 11.3 Å². The summed E-state index contributed by atoms with van der Waals surface area (Å²) in [7, 11) is 0. The van der Waals surface area contributed by atoms with Gasteiger partial charge in [-0.2, -0.15) is 11.8 Å². The van der Waals surface area contributed by atoms with Gasteiger partial charge in [0, 0.05) is 19.2 Å². The van der Waals surface area contributed by atoms with E-state index in [-0.39, 0.29) is 0 Å². The third-order valence-corrected chi connectivity index (χ3v) is 6.20. The second kappa shape index (κ2) is 6.59. The van der Waals surface area contributed by atoms with E-state index >= 15 is 0 Å². The van der Waals surface area contributed by atoms with E-state index < -0.39 is 0 Å². The lowest BCUT2D eigenvalue weighted by atomic mass is 10.0. The minimum Gasteiger partial charge on any atom is -0.316 e. The third kappa shape index (κ3) is 3.01. The van der Waals surface area contributed by atoms with Crippen LogP contribution in [0.3, 0.4) is 0 Å². The zero-order chi connectivity index (χ0) is 14.8. The topological polar surface area (TPSA) is 42.7 Å². The van der Waals surface area contributed by atoms with Crippen molar-refractivity contribution in [3.05, 3.63) is 24.2 Å². The van der Waals surface area contributed by atoms with E-state index in [4.69, 9.17) is 4.98 Å². The van der Waals surface area contributed by atoms with Crippen LogP contribution in [-0.2, 0) is 13.0 Å². The Morgan fingerprint density at radius 3 is 3.14 bits per heavy atom. The van der Waals surface area contributed by atoms with Crippen LogP contribution in [0.5, 0.6) is 0 Å². The van der Waals surface area contributed by atoms with Crippen LogP contribution in [0.15, 0.2) is 18.3 Å². The minimum absolute atomic E-state index is 0.733. The first-order chi connectivity index (χ1) is 10.9. The van der Waals surface area contributed by atoms with Crippen LogP contribution in [-0.4, -0.2) is 39.1 Å². The quantitative estimate of drug-likeness (QED) is 0.942. The summed E-state index contributed by atoms with van der Waals surface area (Å²) in [6.07, 6.45) is 6.97. The highest BCUT2D eigenvalue weighted by Crippen LogP contribution is 2.27. The smallest absolute Gasteiger partial charge is 0.159 e. The fourth-order valence-electron chi connectivity index (χ4n) is 3.71. The first-order valence-corrected chi connectivity index (χ1v) is 9.64. The van der Waals surface area contributed by atoms with Gasteiger partial charge >= 0.3 is 0 Å². The number of imidazole rings is 1. The number of pyridine rings is 1. The summed E-state index contributed by atoms with van der Waals surface area (Å²) >= 11 is 2.10. The number of hydrogen-bond donors (Lipinski definition) is 1. The summed E-state index contributed by atoms with van der Waals surface area (Å²) in [5.41, 5.74) is 2.14. The maximum Gasteiger partial charge on any atom is 0.159 e. The summed E-state index contributed by atoms with van der Waals surface area (Å²) < 4.78 is 2.42. The molecule has 0 amide bonds. The molecule has 2 aromatic heterocycles. The lowest BCUT2D eigenvalue weighted by Crippen LogP contribution is -2.20. The molecule has 4 heterocycles. The molecule has 0 aliphatic carbocycles. The summed E-state index contributed by atoms with van der Waals surface area (Å²) in [5.74, 6) is 5.38. The second-order valence-electron chi connectivity index (χ2n) is 6.63. The minimum atomic E-state index is 0.733. The molecule has 2 fully saturated rings. The summed E-state index contributed by atoms with van der Waals surface area (Å²) in [6.45, 7) is 3.38. The van der Waals surface area contributed by atoms with E-state index in [2.05, 4.69) is 32.7 Å². The molecule has 0 spiro atoms. The van der Waals surface area contributed by atoms with E-state index in [1.165, 1.54) is 36.6 Å². The number of rotatable bonds is 4. The van der Waals surface area contributed by atoms with Crippen LogP contribution >= 0.6 is 11.8 Å². The molecule has 0 bridgehead atoms. The van der Waals surface area contributed by atoms with Crippen molar-refractivity contribution in [2.24, 2.45) is 11.8 Å². The molecule has 4 nitrogen and oxygen atoms in total. The highest BCUT2D eigenvalue weighted by atomic mass is 32.2. The Morgan fingerprint density at radius 2 is 2.32 bits per heavy atom. The van der Waals surface area contributed by atoms with Crippen molar-refractivity contribution in [2.45, 2.75) is 32.2 Å². The lowest BCUT2D eigenvalue weighted by Gasteiger charge is -2.23. The van der Waals surface area contributed by atoms with E-state index in [1.54, 1.807) is 0 Å². The van der Waals surface area contributed by atoms with Gasteiger partial charge in [0.15, 0.2) is 5.65 Å². The Hall–Kier alpha value is -1.07. The van der Waals surface area contributed by atoms with Crippen molar-refractivity contribution in [3.8, 4) is 0 Å². The SMILES string of the molecule is c1cnc2c(c1)nc(CC1CCNC1)n2CC1CCCSC1. The van der Waals surface area contributed by atoms with Gasteiger partial charge in [-0.1, -0.05) is 0 Å². The molecule has 22 heavy (non-hydrogen) atoms. The number of aromatic nitrogens is 3. The maximum atomic E-state index is 4.91. The summed E-state index contributed by atoms with van der Waals surface area (Å²) in [6, 6.07) is 4.10. The molecular weight excluding hydrogens is 292 g/mol. The molecule has 1 N–H and O–H groups in total. The average molecular weight is 316 g/mol. The van der Waals surface area contributed by atoms with E-state index in [9.17, 15) is 0 Å². The number of fused-ring (bicyclic) bond motifs is 1. The van der Waals surface area contributed by atoms with Gasteiger partial charge < -0.3 is 9.88 Å². The molecule has 2 unspecified atom stereocenters.